The molecule has 1 fully saturated rings. The van der Waals surface area contributed by atoms with Gasteiger partial charge in [0, 0.05) is 45.5 Å². The maximum absolute atomic E-state index is 12.4. The molecule has 1 aliphatic rings. The first kappa shape index (κ1) is 20.3. The number of carbonyl (C=O) groups excluding carboxylic acids is 1. The van der Waals surface area contributed by atoms with Gasteiger partial charge in [-0.25, -0.2) is 4.98 Å². The van der Waals surface area contributed by atoms with Crippen molar-refractivity contribution in [1.82, 2.24) is 15.2 Å². The third kappa shape index (κ3) is 6.04. The van der Waals surface area contributed by atoms with Crippen molar-refractivity contribution in [3.05, 3.63) is 59.8 Å². The van der Waals surface area contributed by atoms with Crippen molar-refractivity contribution >= 4 is 11.7 Å². The molecule has 150 valence electrons. The van der Waals surface area contributed by atoms with Gasteiger partial charge in [0.05, 0.1) is 13.2 Å². The number of nitrogens with zero attached hydrogens (tertiary/aromatic N) is 3. The van der Waals surface area contributed by atoms with E-state index in [-0.39, 0.29) is 5.91 Å². The summed E-state index contributed by atoms with van der Waals surface area (Å²) in [5.41, 5.74) is 2.26. The molecule has 0 unspecified atom stereocenters. The summed E-state index contributed by atoms with van der Waals surface area (Å²) < 4.78 is 5.65. The highest BCUT2D eigenvalue weighted by atomic mass is 16.5. The van der Waals surface area contributed by atoms with Crippen LogP contribution >= 0.6 is 0 Å². The summed E-state index contributed by atoms with van der Waals surface area (Å²) in [5.74, 6) is 1.07. The molecule has 0 atom stereocenters. The number of carbonyl (C=O) groups is 1. The number of rotatable bonds is 9. The quantitative estimate of drug-likeness (QED) is 0.675. The standard InChI is InChI=1S/C22H30N4O2/c1-2-15-28-18-20-8-4-3-7-19(20)16-24-22(27)17-25-11-13-26(14-12-25)21-9-5-6-10-23-21/h3-10H,2,11-18H2,1H3,(H,24,27). The van der Waals surface area contributed by atoms with Gasteiger partial charge in [0.15, 0.2) is 0 Å². The van der Waals surface area contributed by atoms with Crippen molar-refractivity contribution in [1.29, 1.82) is 0 Å². The van der Waals surface area contributed by atoms with Crippen LogP contribution in [0.25, 0.3) is 0 Å². The highest BCUT2D eigenvalue weighted by Gasteiger charge is 2.19. The van der Waals surface area contributed by atoms with Crippen molar-refractivity contribution in [2.45, 2.75) is 26.5 Å². The van der Waals surface area contributed by atoms with Gasteiger partial charge in [0.25, 0.3) is 0 Å². The summed E-state index contributed by atoms with van der Waals surface area (Å²) >= 11 is 0. The van der Waals surface area contributed by atoms with Gasteiger partial charge < -0.3 is 15.0 Å². The number of nitrogens with one attached hydrogen (secondary N) is 1. The summed E-state index contributed by atoms with van der Waals surface area (Å²) in [4.78, 5) is 21.3. The highest BCUT2D eigenvalue weighted by Crippen LogP contribution is 2.13. The molecule has 1 amide bonds. The molecular weight excluding hydrogens is 352 g/mol. The van der Waals surface area contributed by atoms with Crippen molar-refractivity contribution in [2.75, 3.05) is 44.2 Å². The summed E-state index contributed by atoms with van der Waals surface area (Å²) in [6.45, 7) is 7.94. The number of aromatic nitrogens is 1. The van der Waals surface area contributed by atoms with E-state index in [4.69, 9.17) is 4.74 Å². The second kappa shape index (κ2) is 10.8. The lowest BCUT2D eigenvalue weighted by Gasteiger charge is -2.34. The maximum atomic E-state index is 12.4. The molecule has 0 bridgehead atoms. The number of ether oxygens (including phenoxy) is 1. The SMILES string of the molecule is CCCOCc1ccccc1CNC(=O)CN1CCN(c2ccccn2)CC1. The van der Waals surface area contributed by atoms with E-state index in [0.717, 1.165) is 56.2 Å². The van der Waals surface area contributed by atoms with Gasteiger partial charge in [-0.3, -0.25) is 9.69 Å². The Morgan fingerprint density at radius 3 is 2.54 bits per heavy atom. The molecule has 0 saturated carbocycles. The van der Waals surface area contributed by atoms with E-state index in [1.54, 1.807) is 0 Å². The van der Waals surface area contributed by atoms with Crippen LogP contribution in [-0.2, 0) is 22.7 Å². The number of anilines is 1. The molecule has 2 heterocycles. The maximum Gasteiger partial charge on any atom is 0.234 e. The number of pyridine rings is 1. The summed E-state index contributed by atoms with van der Waals surface area (Å²) in [6, 6.07) is 14.1. The smallest absolute Gasteiger partial charge is 0.234 e. The third-order valence-electron chi connectivity index (χ3n) is 4.91. The van der Waals surface area contributed by atoms with Crippen molar-refractivity contribution in [3.8, 4) is 0 Å². The van der Waals surface area contributed by atoms with Gasteiger partial charge in [-0.15, -0.1) is 0 Å². The predicted octanol–water partition coefficient (Wildman–Crippen LogP) is 2.45. The fraction of sp³-hybridized carbons (Fsp3) is 0.455. The number of piperazine rings is 1. The number of hydrogen-bond acceptors (Lipinski definition) is 5. The Balaban J connectivity index is 1.42. The minimum atomic E-state index is 0.0653. The number of amides is 1. The van der Waals surface area contributed by atoms with Crippen LogP contribution in [0.4, 0.5) is 5.82 Å². The monoisotopic (exact) mass is 382 g/mol. The number of benzene rings is 1. The molecule has 1 N–H and O–H groups in total. The van der Waals surface area contributed by atoms with Crippen LogP contribution in [0.1, 0.15) is 24.5 Å². The van der Waals surface area contributed by atoms with Crippen molar-refractivity contribution in [3.63, 3.8) is 0 Å². The number of hydrogen-bond donors (Lipinski definition) is 1. The molecule has 2 aromatic rings. The Kier molecular flexibility index (Phi) is 7.82. The van der Waals surface area contributed by atoms with E-state index in [1.807, 2.05) is 36.5 Å². The minimum absolute atomic E-state index is 0.0653. The molecule has 6 nitrogen and oxygen atoms in total. The first-order valence-corrected chi connectivity index (χ1v) is 10.1. The molecule has 0 spiro atoms. The van der Waals surface area contributed by atoms with E-state index in [0.29, 0.717) is 19.7 Å². The highest BCUT2D eigenvalue weighted by molar-refractivity contribution is 5.78. The summed E-state index contributed by atoms with van der Waals surface area (Å²) in [6.07, 6.45) is 2.83. The topological polar surface area (TPSA) is 57.7 Å². The van der Waals surface area contributed by atoms with E-state index in [2.05, 4.69) is 39.2 Å². The van der Waals surface area contributed by atoms with Gasteiger partial charge >= 0.3 is 0 Å². The molecule has 6 heteroatoms. The molecule has 1 aliphatic heterocycles. The molecule has 1 aromatic heterocycles. The lowest BCUT2D eigenvalue weighted by molar-refractivity contribution is -0.122. The molecule has 1 saturated heterocycles. The van der Waals surface area contributed by atoms with Crippen LogP contribution in [0.5, 0.6) is 0 Å². The van der Waals surface area contributed by atoms with Crippen molar-refractivity contribution < 1.29 is 9.53 Å². The normalized spacial score (nSPS) is 14.8. The van der Waals surface area contributed by atoms with E-state index < -0.39 is 0 Å². The van der Waals surface area contributed by atoms with Crippen LogP contribution in [0, 0.1) is 0 Å². The van der Waals surface area contributed by atoms with Crippen molar-refractivity contribution in [2.24, 2.45) is 0 Å². The zero-order valence-corrected chi connectivity index (χ0v) is 16.6. The summed E-state index contributed by atoms with van der Waals surface area (Å²) in [7, 11) is 0. The van der Waals surface area contributed by atoms with Gasteiger partial charge in [-0.2, -0.15) is 0 Å². The van der Waals surface area contributed by atoms with Gasteiger partial charge in [-0.05, 0) is 29.7 Å². The Labute approximate surface area is 167 Å². The predicted molar refractivity (Wildman–Crippen MR) is 111 cm³/mol. The third-order valence-corrected chi connectivity index (χ3v) is 4.91. The second-order valence-corrected chi connectivity index (χ2v) is 7.05. The van der Waals surface area contributed by atoms with E-state index in [1.165, 1.54) is 0 Å². The molecular formula is C22H30N4O2. The lowest BCUT2D eigenvalue weighted by atomic mass is 10.1. The lowest BCUT2D eigenvalue weighted by Crippen LogP contribution is -2.49. The second-order valence-electron chi connectivity index (χ2n) is 7.05. The Hall–Kier alpha value is -2.44. The van der Waals surface area contributed by atoms with Crippen LogP contribution < -0.4 is 10.2 Å². The Morgan fingerprint density at radius 2 is 1.82 bits per heavy atom. The van der Waals surface area contributed by atoms with Crippen LogP contribution in [0.2, 0.25) is 0 Å². The van der Waals surface area contributed by atoms with Gasteiger partial charge in [0.2, 0.25) is 5.91 Å². The van der Waals surface area contributed by atoms with Crippen LogP contribution in [0.3, 0.4) is 0 Å². The van der Waals surface area contributed by atoms with Crippen LogP contribution in [-0.4, -0.2) is 55.1 Å². The zero-order valence-electron chi connectivity index (χ0n) is 16.6. The Morgan fingerprint density at radius 1 is 1.07 bits per heavy atom. The van der Waals surface area contributed by atoms with Gasteiger partial charge in [0.1, 0.15) is 5.82 Å². The van der Waals surface area contributed by atoms with Crippen LogP contribution in [0.15, 0.2) is 48.7 Å². The van der Waals surface area contributed by atoms with E-state index in [9.17, 15) is 4.79 Å². The molecule has 28 heavy (non-hydrogen) atoms. The fourth-order valence-corrected chi connectivity index (χ4v) is 3.33. The zero-order chi connectivity index (χ0) is 19.6. The summed E-state index contributed by atoms with van der Waals surface area (Å²) in [5, 5.41) is 3.06. The molecule has 0 aliphatic carbocycles. The minimum Gasteiger partial charge on any atom is -0.377 e. The molecule has 0 radical (unpaired) electrons. The molecule has 1 aromatic carbocycles. The van der Waals surface area contributed by atoms with Gasteiger partial charge in [-0.1, -0.05) is 37.3 Å². The average Bonchev–Trinajstić information content (AvgIpc) is 2.74. The first-order chi connectivity index (χ1) is 13.8. The average molecular weight is 383 g/mol. The fourth-order valence-electron chi connectivity index (χ4n) is 3.33. The first-order valence-electron chi connectivity index (χ1n) is 10.1. The Bertz CT molecular complexity index is 730. The van der Waals surface area contributed by atoms with E-state index >= 15 is 0 Å². The largest absolute Gasteiger partial charge is 0.377 e. The molecule has 3 rings (SSSR count).